The van der Waals surface area contributed by atoms with Crippen molar-refractivity contribution in [3.8, 4) is 11.8 Å². The molecule has 0 radical (unpaired) electrons. The monoisotopic (exact) mass is 330 g/mol. The minimum absolute atomic E-state index is 0.275. The third-order valence-corrected chi connectivity index (χ3v) is 3.21. The molecule has 20 heavy (non-hydrogen) atoms. The molecule has 1 aromatic carbocycles. The van der Waals surface area contributed by atoms with Gasteiger partial charge in [0.15, 0.2) is 0 Å². The summed E-state index contributed by atoms with van der Waals surface area (Å²) >= 11 is 0. The number of nitro groups is 1. The first-order valence-electron chi connectivity index (χ1n) is 4.38. The summed E-state index contributed by atoms with van der Waals surface area (Å²) in [6.07, 6.45) is -5.20. The molecule has 0 spiro atoms. The van der Waals surface area contributed by atoms with Gasteiger partial charge in [-0.05, 0) is 0 Å². The van der Waals surface area contributed by atoms with Crippen molar-refractivity contribution in [2.45, 2.75) is 11.3 Å². The molecule has 0 unspecified atom stereocenters. The van der Waals surface area contributed by atoms with E-state index < -0.39 is 42.2 Å². The zero-order chi connectivity index (χ0) is 15.7. The Balaban J connectivity index is 3.67. The molecule has 0 aliphatic heterocycles. The van der Waals surface area contributed by atoms with Crippen molar-refractivity contribution < 1.29 is 31.2 Å². The molecule has 0 amide bonds. The Hall–Kier alpha value is -2.06. The van der Waals surface area contributed by atoms with E-state index in [0.29, 0.717) is 0 Å². The second-order valence-corrected chi connectivity index (χ2v) is 5.70. The molecule has 0 aromatic heterocycles. The number of benzene rings is 1. The number of halogens is 4. The van der Waals surface area contributed by atoms with Gasteiger partial charge in [-0.15, -0.1) is 13.2 Å². The zero-order valence-electron chi connectivity index (χ0n) is 9.01. The highest BCUT2D eigenvalue weighted by Gasteiger charge is 2.34. The van der Waals surface area contributed by atoms with Crippen molar-refractivity contribution in [3.63, 3.8) is 0 Å². The summed E-state index contributed by atoms with van der Waals surface area (Å²) in [6, 6.07) is 1.75. The fourth-order valence-corrected chi connectivity index (χ4v) is 2.23. The molecule has 7 nitrogen and oxygen atoms in total. The van der Waals surface area contributed by atoms with Gasteiger partial charge in [-0.1, -0.05) is 0 Å². The highest BCUT2D eigenvalue weighted by atomic mass is 35.7. The summed E-state index contributed by atoms with van der Waals surface area (Å²) in [5.74, 6) is -1.18. The molecule has 0 atom stereocenters. The molecule has 0 saturated carbocycles. The van der Waals surface area contributed by atoms with E-state index in [1.165, 1.54) is 6.07 Å². The predicted octanol–water partition coefficient (Wildman–Crippen LogP) is 2.29. The van der Waals surface area contributed by atoms with Crippen LogP contribution in [0.1, 0.15) is 5.56 Å². The number of ether oxygens (including phenoxy) is 1. The molecular formula is C8H2ClF3N2O5S. The molecule has 0 N–H and O–H groups in total. The summed E-state index contributed by atoms with van der Waals surface area (Å²) in [5.41, 5.74) is -2.16. The van der Waals surface area contributed by atoms with E-state index in [-0.39, 0.29) is 12.1 Å². The van der Waals surface area contributed by atoms with Crippen LogP contribution in [0.4, 0.5) is 18.9 Å². The Bertz CT molecular complexity index is 710. The van der Waals surface area contributed by atoms with E-state index in [0.717, 1.165) is 0 Å². The van der Waals surface area contributed by atoms with Crippen molar-refractivity contribution in [1.82, 2.24) is 0 Å². The normalized spacial score (nSPS) is 11.8. The topological polar surface area (TPSA) is 110 Å². The number of rotatable bonds is 3. The van der Waals surface area contributed by atoms with Gasteiger partial charge in [-0.2, -0.15) is 5.26 Å². The van der Waals surface area contributed by atoms with Gasteiger partial charge in [0.1, 0.15) is 22.3 Å². The summed E-state index contributed by atoms with van der Waals surface area (Å²) < 4.78 is 61.8. The summed E-state index contributed by atoms with van der Waals surface area (Å²) in [6.45, 7) is 0. The van der Waals surface area contributed by atoms with E-state index in [4.69, 9.17) is 15.9 Å². The minimum Gasteiger partial charge on any atom is -0.405 e. The van der Waals surface area contributed by atoms with Crippen LogP contribution in [-0.2, 0) is 9.05 Å². The highest BCUT2D eigenvalue weighted by molar-refractivity contribution is 8.13. The van der Waals surface area contributed by atoms with Crippen molar-refractivity contribution in [1.29, 1.82) is 5.26 Å². The Labute approximate surface area is 113 Å². The van der Waals surface area contributed by atoms with Gasteiger partial charge < -0.3 is 4.74 Å². The standard InChI is InChI=1S/C8H2ClF3N2O5S/c9-20(17,18)7-2-4(19-8(10,11)12)1-6(14(15)16)5(7)3-13/h1-2H. The van der Waals surface area contributed by atoms with Crippen molar-refractivity contribution in [2.75, 3.05) is 0 Å². The number of nitro benzene ring substituents is 1. The summed E-state index contributed by atoms with van der Waals surface area (Å²) in [7, 11) is 0.242. The van der Waals surface area contributed by atoms with Crippen LogP contribution in [0, 0.1) is 21.4 Å². The first kappa shape index (κ1) is 16.0. The second kappa shape index (κ2) is 5.14. The van der Waals surface area contributed by atoms with Gasteiger partial charge in [-0.3, -0.25) is 10.1 Å². The van der Waals surface area contributed by atoms with E-state index in [2.05, 4.69) is 4.74 Å². The number of hydrogen-bond acceptors (Lipinski definition) is 6. The molecule has 0 heterocycles. The van der Waals surface area contributed by atoms with Crippen LogP contribution in [-0.4, -0.2) is 19.7 Å². The van der Waals surface area contributed by atoms with Crippen LogP contribution in [0.15, 0.2) is 17.0 Å². The van der Waals surface area contributed by atoms with Gasteiger partial charge in [0.2, 0.25) is 0 Å². The second-order valence-electron chi connectivity index (χ2n) is 3.17. The largest absolute Gasteiger partial charge is 0.573 e. The molecule has 1 rings (SSSR count). The number of nitriles is 1. The van der Waals surface area contributed by atoms with Crippen molar-refractivity contribution >= 4 is 25.4 Å². The molecular weight excluding hydrogens is 329 g/mol. The predicted molar refractivity (Wildman–Crippen MR) is 57.5 cm³/mol. The maximum absolute atomic E-state index is 12.0. The number of nitrogens with zero attached hydrogens (tertiary/aromatic N) is 2. The molecule has 1 aromatic rings. The van der Waals surface area contributed by atoms with Crippen LogP contribution < -0.4 is 4.74 Å². The molecule has 0 saturated heterocycles. The van der Waals surface area contributed by atoms with E-state index in [9.17, 15) is 31.7 Å². The van der Waals surface area contributed by atoms with Crippen LogP contribution in [0.25, 0.3) is 0 Å². The van der Waals surface area contributed by atoms with Crippen LogP contribution in [0.2, 0.25) is 0 Å². The number of alkyl halides is 3. The Kier molecular flexibility index (Phi) is 4.11. The third-order valence-electron chi connectivity index (χ3n) is 1.86. The smallest absolute Gasteiger partial charge is 0.405 e. The third kappa shape index (κ3) is 3.72. The first-order valence-corrected chi connectivity index (χ1v) is 6.69. The molecule has 12 heteroatoms. The van der Waals surface area contributed by atoms with Gasteiger partial charge >= 0.3 is 6.36 Å². The van der Waals surface area contributed by atoms with Crippen molar-refractivity contribution in [2.24, 2.45) is 0 Å². The number of hydrogen-bond donors (Lipinski definition) is 0. The highest BCUT2D eigenvalue weighted by Crippen LogP contribution is 2.34. The lowest BCUT2D eigenvalue weighted by molar-refractivity contribution is -0.385. The average Bonchev–Trinajstić information content (AvgIpc) is 2.24. The lowest BCUT2D eigenvalue weighted by Gasteiger charge is -2.10. The maximum atomic E-state index is 12.0. The lowest BCUT2D eigenvalue weighted by atomic mass is 10.2. The molecule has 0 bridgehead atoms. The molecule has 0 aliphatic carbocycles. The van der Waals surface area contributed by atoms with Gasteiger partial charge in [0, 0.05) is 16.7 Å². The van der Waals surface area contributed by atoms with Crippen LogP contribution in [0.5, 0.6) is 5.75 Å². The SMILES string of the molecule is N#Cc1c([N+](=O)[O-])cc(OC(F)(F)F)cc1S(=O)(=O)Cl. The fourth-order valence-electron chi connectivity index (χ4n) is 1.22. The van der Waals surface area contributed by atoms with Crippen LogP contribution in [0.3, 0.4) is 0 Å². The van der Waals surface area contributed by atoms with E-state index in [1.54, 1.807) is 0 Å². The molecule has 0 fully saturated rings. The Morgan fingerprint density at radius 3 is 2.30 bits per heavy atom. The maximum Gasteiger partial charge on any atom is 0.573 e. The van der Waals surface area contributed by atoms with Gasteiger partial charge in [-0.25, -0.2) is 8.42 Å². The quantitative estimate of drug-likeness (QED) is 0.477. The summed E-state index contributed by atoms with van der Waals surface area (Å²) in [4.78, 5) is 8.29. The van der Waals surface area contributed by atoms with Crippen LogP contribution >= 0.6 is 10.7 Å². The van der Waals surface area contributed by atoms with Gasteiger partial charge in [0.25, 0.3) is 14.7 Å². The van der Waals surface area contributed by atoms with Gasteiger partial charge in [0.05, 0.1) is 11.0 Å². The summed E-state index contributed by atoms with van der Waals surface area (Å²) in [5, 5.41) is 19.4. The first-order chi connectivity index (χ1) is 8.95. The average molecular weight is 331 g/mol. The van der Waals surface area contributed by atoms with E-state index >= 15 is 0 Å². The van der Waals surface area contributed by atoms with E-state index in [1.807, 2.05) is 0 Å². The Morgan fingerprint density at radius 2 is 1.95 bits per heavy atom. The Morgan fingerprint density at radius 1 is 1.40 bits per heavy atom. The zero-order valence-corrected chi connectivity index (χ0v) is 10.6. The fraction of sp³-hybridized carbons (Fsp3) is 0.125. The molecule has 0 aliphatic rings. The minimum atomic E-state index is -5.20. The molecule has 108 valence electrons. The lowest BCUT2D eigenvalue weighted by Crippen LogP contribution is -2.17. The van der Waals surface area contributed by atoms with Crippen molar-refractivity contribution in [3.05, 3.63) is 27.8 Å².